The van der Waals surface area contributed by atoms with Gasteiger partial charge in [-0.05, 0) is 30.7 Å². The van der Waals surface area contributed by atoms with E-state index in [9.17, 15) is 10.1 Å². The summed E-state index contributed by atoms with van der Waals surface area (Å²) < 4.78 is 5.57. The molecule has 1 aliphatic heterocycles. The predicted molar refractivity (Wildman–Crippen MR) is 82.6 cm³/mol. The summed E-state index contributed by atoms with van der Waals surface area (Å²) in [4.78, 5) is 13.0. The predicted octanol–water partition coefficient (Wildman–Crippen LogP) is 3.34. The molecule has 116 valence electrons. The quantitative estimate of drug-likeness (QED) is 0.458. The summed E-state index contributed by atoms with van der Waals surface area (Å²) in [5.41, 5.74) is 0.0396. The van der Waals surface area contributed by atoms with Gasteiger partial charge in [-0.1, -0.05) is 26.0 Å². The smallest absolute Gasteiger partial charge is 0.310 e. The highest BCUT2D eigenvalue weighted by Gasteiger charge is 2.21. The molecule has 2 atom stereocenters. The average molecular weight is 292 g/mol. The van der Waals surface area contributed by atoms with Crippen molar-refractivity contribution in [2.24, 2.45) is 11.8 Å². The molecular weight excluding hydrogens is 268 g/mol. The van der Waals surface area contributed by atoms with Crippen LogP contribution in [-0.4, -0.2) is 36.1 Å². The highest BCUT2D eigenvalue weighted by atomic mass is 16.6. The molecule has 0 radical (unpaired) electrons. The van der Waals surface area contributed by atoms with Gasteiger partial charge in [0.25, 0.3) is 0 Å². The van der Waals surface area contributed by atoms with Gasteiger partial charge in [0, 0.05) is 25.7 Å². The van der Waals surface area contributed by atoms with Crippen molar-refractivity contribution in [3.8, 4) is 5.75 Å². The van der Waals surface area contributed by atoms with E-state index in [0.29, 0.717) is 12.4 Å². The number of rotatable bonds is 6. The summed E-state index contributed by atoms with van der Waals surface area (Å²) in [5.74, 6) is 1.87. The zero-order chi connectivity index (χ0) is 15.2. The average Bonchev–Trinajstić information content (AvgIpc) is 2.43. The van der Waals surface area contributed by atoms with Gasteiger partial charge in [-0.25, -0.2) is 0 Å². The molecule has 1 heterocycles. The maximum atomic E-state index is 10.9. The van der Waals surface area contributed by atoms with E-state index < -0.39 is 4.92 Å². The lowest BCUT2D eigenvalue weighted by Crippen LogP contribution is -2.39. The molecule has 2 rings (SSSR count). The lowest BCUT2D eigenvalue weighted by atomic mass is 9.92. The van der Waals surface area contributed by atoms with E-state index in [1.54, 1.807) is 18.2 Å². The zero-order valence-corrected chi connectivity index (χ0v) is 12.8. The topological polar surface area (TPSA) is 55.6 Å². The first-order chi connectivity index (χ1) is 10.1. The first kappa shape index (κ1) is 15.8. The van der Waals surface area contributed by atoms with Crippen molar-refractivity contribution < 1.29 is 9.66 Å². The van der Waals surface area contributed by atoms with Gasteiger partial charge in [0.1, 0.15) is 0 Å². The van der Waals surface area contributed by atoms with Crippen LogP contribution in [0.2, 0.25) is 0 Å². The van der Waals surface area contributed by atoms with Crippen LogP contribution in [0.1, 0.15) is 26.7 Å². The molecule has 0 N–H and O–H groups in total. The van der Waals surface area contributed by atoms with E-state index >= 15 is 0 Å². The van der Waals surface area contributed by atoms with Crippen LogP contribution in [0.5, 0.6) is 5.75 Å². The number of hydrogen-bond acceptors (Lipinski definition) is 4. The molecule has 0 aliphatic carbocycles. The van der Waals surface area contributed by atoms with E-state index in [-0.39, 0.29) is 5.69 Å². The molecule has 1 aliphatic rings. The van der Waals surface area contributed by atoms with Crippen LogP contribution in [0.4, 0.5) is 5.69 Å². The maximum Gasteiger partial charge on any atom is 0.310 e. The number of hydrogen-bond donors (Lipinski definition) is 0. The van der Waals surface area contributed by atoms with Crippen LogP contribution in [0.25, 0.3) is 0 Å². The van der Waals surface area contributed by atoms with Gasteiger partial charge in [0.2, 0.25) is 0 Å². The van der Waals surface area contributed by atoms with Crippen LogP contribution in [-0.2, 0) is 0 Å². The number of ether oxygens (including phenoxy) is 1. The van der Waals surface area contributed by atoms with Crippen molar-refractivity contribution in [3.05, 3.63) is 34.4 Å². The van der Waals surface area contributed by atoms with Gasteiger partial charge < -0.3 is 9.64 Å². The number of piperidine rings is 1. The highest BCUT2D eigenvalue weighted by Crippen LogP contribution is 2.26. The van der Waals surface area contributed by atoms with E-state index in [0.717, 1.165) is 37.9 Å². The largest absolute Gasteiger partial charge is 0.487 e. The number of para-hydroxylation sites is 2. The molecule has 0 saturated carbocycles. The molecule has 5 nitrogen and oxygen atoms in total. The first-order valence-corrected chi connectivity index (χ1v) is 7.65. The minimum Gasteiger partial charge on any atom is -0.487 e. The Kier molecular flexibility index (Phi) is 5.56. The number of nitro benzene ring substituents is 1. The molecule has 0 aromatic heterocycles. The third-order valence-electron chi connectivity index (χ3n) is 3.88. The second-order valence-electron chi connectivity index (χ2n) is 6.13. The lowest BCUT2D eigenvalue weighted by Gasteiger charge is -2.34. The molecular formula is C16H24N2O3. The number of nitrogens with zero attached hydrogens (tertiary/aromatic N) is 2. The Bertz CT molecular complexity index is 468. The Morgan fingerprint density at radius 2 is 1.95 bits per heavy atom. The first-order valence-electron chi connectivity index (χ1n) is 7.65. The van der Waals surface area contributed by atoms with Gasteiger partial charge in [-0.3, -0.25) is 10.1 Å². The summed E-state index contributed by atoms with van der Waals surface area (Å²) >= 11 is 0. The summed E-state index contributed by atoms with van der Waals surface area (Å²) in [6, 6.07) is 6.55. The van der Waals surface area contributed by atoms with Crippen molar-refractivity contribution in [2.75, 3.05) is 26.2 Å². The third-order valence-corrected chi connectivity index (χ3v) is 3.88. The molecule has 1 saturated heterocycles. The summed E-state index contributed by atoms with van der Waals surface area (Å²) in [6.45, 7) is 8.41. The molecule has 0 bridgehead atoms. The molecule has 1 aromatic carbocycles. The van der Waals surface area contributed by atoms with E-state index in [1.165, 1.54) is 12.5 Å². The Labute approximate surface area is 126 Å². The van der Waals surface area contributed by atoms with Crippen LogP contribution >= 0.6 is 0 Å². The summed E-state index contributed by atoms with van der Waals surface area (Å²) in [6.07, 6.45) is 2.20. The Morgan fingerprint density at radius 3 is 2.62 bits per heavy atom. The molecule has 1 aromatic rings. The number of likely N-dealkylation sites (tertiary alicyclic amines) is 1. The van der Waals surface area contributed by atoms with Crippen LogP contribution < -0.4 is 4.74 Å². The fraction of sp³-hybridized carbons (Fsp3) is 0.625. The number of benzene rings is 1. The lowest BCUT2D eigenvalue weighted by molar-refractivity contribution is -0.385. The van der Waals surface area contributed by atoms with Gasteiger partial charge in [-0.2, -0.15) is 0 Å². The Balaban J connectivity index is 1.76. The monoisotopic (exact) mass is 292 g/mol. The molecule has 21 heavy (non-hydrogen) atoms. The standard InChI is InChI=1S/C16H24N2O3/c1-13-10-14(2)12-17(11-13)8-5-9-21-16-7-4-3-6-15(16)18(19)20/h3-4,6-7,13-14H,5,8-12H2,1-2H3/t13-,14-/m1/s1. The SMILES string of the molecule is C[C@@H]1C[C@@H](C)CN(CCCOc2ccccc2[N+](=O)[O-])C1. The van der Waals surface area contributed by atoms with Crippen LogP contribution in [0, 0.1) is 22.0 Å². The van der Waals surface area contributed by atoms with Gasteiger partial charge in [0.05, 0.1) is 11.5 Å². The molecule has 0 unspecified atom stereocenters. The fourth-order valence-electron chi connectivity index (χ4n) is 3.17. The zero-order valence-electron chi connectivity index (χ0n) is 12.8. The Morgan fingerprint density at radius 1 is 1.29 bits per heavy atom. The maximum absolute atomic E-state index is 10.9. The third kappa shape index (κ3) is 4.70. The van der Waals surface area contributed by atoms with Crippen molar-refractivity contribution in [2.45, 2.75) is 26.7 Å². The van der Waals surface area contributed by atoms with E-state index in [2.05, 4.69) is 18.7 Å². The molecule has 5 heteroatoms. The molecule has 0 spiro atoms. The Hall–Kier alpha value is -1.62. The van der Waals surface area contributed by atoms with Crippen LogP contribution in [0.15, 0.2) is 24.3 Å². The fourth-order valence-corrected chi connectivity index (χ4v) is 3.17. The second-order valence-corrected chi connectivity index (χ2v) is 6.13. The van der Waals surface area contributed by atoms with Gasteiger partial charge in [0.15, 0.2) is 5.75 Å². The molecule has 0 amide bonds. The van der Waals surface area contributed by atoms with Crippen LogP contribution in [0.3, 0.4) is 0 Å². The van der Waals surface area contributed by atoms with Gasteiger partial charge >= 0.3 is 5.69 Å². The van der Waals surface area contributed by atoms with Crippen molar-refractivity contribution in [3.63, 3.8) is 0 Å². The minimum absolute atomic E-state index is 0.0396. The van der Waals surface area contributed by atoms with Crippen molar-refractivity contribution in [1.82, 2.24) is 4.90 Å². The summed E-state index contributed by atoms with van der Waals surface area (Å²) in [5, 5.41) is 10.9. The van der Waals surface area contributed by atoms with E-state index in [4.69, 9.17) is 4.74 Å². The highest BCUT2D eigenvalue weighted by molar-refractivity contribution is 5.45. The second kappa shape index (κ2) is 7.41. The number of nitro groups is 1. The minimum atomic E-state index is -0.399. The van der Waals surface area contributed by atoms with Gasteiger partial charge in [-0.15, -0.1) is 0 Å². The normalized spacial score (nSPS) is 23.0. The summed E-state index contributed by atoms with van der Waals surface area (Å²) in [7, 11) is 0. The van der Waals surface area contributed by atoms with Crippen molar-refractivity contribution in [1.29, 1.82) is 0 Å². The van der Waals surface area contributed by atoms with E-state index in [1.807, 2.05) is 0 Å². The molecule has 1 fully saturated rings. The van der Waals surface area contributed by atoms with Crippen molar-refractivity contribution >= 4 is 5.69 Å².